The highest BCUT2D eigenvalue weighted by Crippen LogP contribution is 2.29. The summed E-state index contributed by atoms with van der Waals surface area (Å²) < 4.78 is 0. The molecule has 2 fully saturated rings. The molecule has 2 nitrogen and oxygen atoms in total. The lowest BCUT2D eigenvalue weighted by molar-refractivity contribution is 0.282. The molecule has 0 spiro atoms. The normalized spacial score (nSPS) is 28.8. The molecule has 1 N–H and O–H groups in total. The average molecular weight is 139 g/mol. The van der Waals surface area contributed by atoms with Gasteiger partial charge in [-0.15, -0.1) is 0 Å². The monoisotopic (exact) mass is 139 g/mol. The minimum Gasteiger partial charge on any atom is -0.314 e. The van der Waals surface area contributed by atoms with Crippen molar-refractivity contribution < 1.29 is 0 Å². The third kappa shape index (κ3) is 1.70. The van der Waals surface area contributed by atoms with Gasteiger partial charge in [-0.25, -0.2) is 0 Å². The maximum Gasteiger partial charge on any atom is 0.0389 e. The van der Waals surface area contributed by atoms with Crippen LogP contribution in [0.2, 0.25) is 0 Å². The summed E-state index contributed by atoms with van der Waals surface area (Å²) in [4.78, 5) is 2.47. The topological polar surface area (TPSA) is 15.3 Å². The molecule has 2 rings (SSSR count). The average Bonchev–Trinajstić information content (AvgIpc) is 2.74. The van der Waals surface area contributed by atoms with Crippen LogP contribution in [0.5, 0.6) is 0 Å². The lowest BCUT2D eigenvalue weighted by Gasteiger charge is -2.26. The van der Waals surface area contributed by atoms with Gasteiger partial charge in [0.25, 0.3) is 0 Å². The van der Waals surface area contributed by atoms with Gasteiger partial charge < -0.3 is 5.32 Å². The molecule has 10 heavy (non-hydrogen) atoms. The van der Waals surface area contributed by atoms with Crippen molar-refractivity contribution in [2.24, 2.45) is 5.92 Å². The molecule has 1 aliphatic heterocycles. The van der Waals surface area contributed by atoms with Crippen molar-refractivity contribution in [1.82, 2.24) is 10.2 Å². The highest BCUT2D eigenvalue weighted by molar-refractivity contribution is 4.84. The van der Waals surface area contributed by atoms with Crippen LogP contribution in [0.25, 0.3) is 0 Å². The summed E-state index contributed by atoms with van der Waals surface area (Å²) >= 11 is 0. The minimum atomic E-state index is 1.04. The van der Waals surface area contributed by atoms with E-state index in [9.17, 15) is 0 Å². The second kappa shape index (κ2) is 2.89. The predicted molar refractivity (Wildman–Crippen MR) is 41.5 cm³/mol. The third-order valence-electron chi connectivity index (χ3n) is 2.26. The Labute approximate surface area is 62.6 Å². The molecular formula is C8H15N2. The molecule has 0 unspecified atom stereocenters. The number of nitrogens with zero attached hydrogens (tertiary/aromatic N) is 1. The van der Waals surface area contributed by atoms with E-state index in [0.29, 0.717) is 0 Å². The van der Waals surface area contributed by atoms with E-state index in [2.05, 4.69) is 16.8 Å². The van der Waals surface area contributed by atoms with Crippen LogP contribution < -0.4 is 5.32 Å². The Morgan fingerprint density at radius 1 is 1.50 bits per heavy atom. The van der Waals surface area contributed by atoms with Crippen LogP contribution in [-0.4, -0.2) is 31.1 Å². The van der Waals surface area contributed by atoms with Crippen molar-refractivity contribution >= 4 is 0 Å². The second-order valence-corrected chi connectivity index (χ2v) is 3.33. The first-order valence-electron chi connectivity index (χ1n) is 4.23. The molecule has 1 saturated carbocycles. The van der Waals surface area contributed by atoms with Crippen molar-refractivity contribution in [3.05, 3.63) is 6.54 Å². The maximum absolute atomic E-state index is 3.31. The van der Waals surface area contributed by atoms with Crippen LogP contribution >= 0.6 is 0 Å². The summed E-state index contributed by atoms with van der Waals surface area (Å²) in [6.07, 6.45) is 2.94. The molecule has 1 heterocycles. The third-order valence-corrected chi connectivity index (χ3v) is 2.26. The first-order chi connectivity index (χ1) is 4.95. The summed E-state index contributed by atoms with van der Waals surface area (Å²) in [5, 5.41) is 3.31. The van der Waals surface area contributed by atoms with Crippen LogP contribution in [0.3, 0.4) is 0 Å². The van der Waals surface area contributed by atoms with Crippen molar-refractivity contribution in [1.29, 1.82) is 0 Å². The van der Waals surface area contributed by atoms with Crippen LogP contribution in [0, 0.1) is 12.5 Å². The lowest BCUT2D eigenvalue weighted by Crippen LogP contribution is -2.40. The fourth-order valence-corrected chi connectivity index (χ4v) is 1.41. The van der Waals surface area contributed by atoms with E-state index < -0.39 is 0 Å². The van der Waals surface area contributed by atoms with Gasteiger partial charge in [0, 0.05) is 32.7 Å². The zero-order chi connectivity index (χ0) is 6.81. The Morgan fingerprint density at radius 3 is 3.00 bits per heavy atom. The Balaban J connectivity index is 1.69. The fourth-order valence-electron chi connectivity index (χ4n) is 1.41. The van der Waals surface area contributed by atoms with Gasteiger partial charge in [-0.05, 0) is 18.8 Å². The summed E-state index contributed by atoms with van der Waals surface area (Å²) in [6.45, 7) is 7.08. The van der Waals surface area contributed by atoms with Crippen LogP contribution in [0.1, 0.15) is 12.8 Å². The quantitative estimate of drug-likeness (QED) is 0.598. The highest BCUT2D eigenvalue weighted by atomic mass is 15.2. The predicted octanol–water partition coefficient (Wildman–Crippen LogP) is 0.463. The van der Waals surface area contributed by atoms with Gasteiger partial charge in [-0.2, -0.15) is 0 Å². The summed E-state index contributed by atoms with van der Waals surface area (Å²) in [6, 6.07) is 0. The highest BCUT2D eigenvalue weighted by Gasteiger charge is 2.24. The molecular weight excluding hydrogens is 124 g/mol. The van der Waals surface area contributed by atoms with E-state index >= 15 is 0 Å². The number of piperazine rings is 1. The number of rotatable bonds is 2. The standard InChI is InChI=1S/C8H15N2/c1-2-8(1)7-10-5-3-9-4-6-10/h5,8-9H,1-4,6-7H2. The largest absolute Gasteiger partial charge is 0.314 e. The Hall–Kier alpha value is -0.0800. The number of hydrogen-bond donors (Lipinski definition) is 1. The Bertz CT molecular complexity index is 104. The molecule has 57 valence electrons. The number of hydrogen-bond acceptors (Lipinski definition) is 2. The zero-order valence-electron chi connectivity index (χ0n) is 6.34. The van der Waals surface area contributed by atoms with Gasteiger partial charge >= 0.3 is 0 Å². The molecule has 0 bridgehead atoms. The van der Waals surface area contributed by atoms with Gasteiger partial charge in [0.05, 0.1) is 0 Å². The van der Waals surface area contributed by atoms with Crippen LogP contribution in [0.15, 0.2) is 0 Å². The van der Waals surface area contributed by atoms with E-state index in [1.165, 1.54) is 32.5 Å². The fraction of sp³-hybridized carbons (Fsp3) is 0.875. The molecule has 0 aromatic carbocycles. The first-order valence-corrected chi connectivity index (χ1v) is 4.23. The number of nitrogens with one attached hydrogen (secondary N) is 1. The Morgan fingerprint density at radius 2 is 2.40 bits per heavy atom. The van der Waals surface area contributed by atoms with E-state index in [4.69, 9.17) is 0 Å². The maximum atomic E-state index is 3.31. The van der Waals surface area contributed by atoms with Gasteiger partial charge in [0.15, 0.2) is 0 Å². The van der Waals surface area contributed by atoms with E-state index in [-0.39, 0.29) is 0 Å². The van der Waals surface area contributed by atoms with Crippen molar-refractivity contribution in [3.8, 4) is 0 Å². The van der Waals surface area contributed by atoms with Gasteiger partial charge in [-0.3, -0.25) is 4.90 Å². The molecule has 0 atom stereocenters. The van der Waals surface area contributed by atoms with Gasteiger partial charge in [0.2, 0.25) is 0 Å². The first kappa shape index (κ1) is 6.62. The molecule has 0 amide bonds. The molecule has 1 aliphatic carbocycles. The van der Waals surface area contributed by atoms with Gasteiger partial charge in [0.1, 0.15) is 0 Å². The second-order valence-electron chi connectivity index (χ2n) is 3.33. The van der Waals surface area contributed by atoms with Crippen LogP contribution in [0.4, 0.5) is 0 Å². The minimum absolute atomic E-state index is 1.04. The van der Waals surface area contributed by atoms with E-state index in [1.54, 1.807) is 0 Å². The van der Waals surface area contributed by atoms with Crippen LogP contribution in [-0.2, 0) is 0 Å². The van der Waals surface area contributed by atoms with Crippen molar-refractivity contribution in [3.63, 3.8) is 0 Å². The lowest BCUT2D eigenvalue weighted by atomic mass is 10.3. The SMILES string of the molecule is [CH]1CNCCN1CC1CC1. The molecule has 1 radical (unpaired) electrons. The molecule has 0 aromatic heterocycles. The zero-order valence-corrected chi connectivity index (χ0v) is 6.34. The molecule has 2 heteroatoms. The van der Waals surface area contributed by atoms with Gasteiger partial charge in [-0.1, -0.05) is 0 Å². The Kier molecular flexibility index (Phi) is 1.91. The smallest absolute Gasteiger partial charge is 0.0389 e. The van der Waals surface area contributed by atoms with E-state index in [1.807, 2.05) is 0 Å². The summed E-state index contributed by atoms with van der Waals surface area (Å²) in [7, 11) is 0. The summed E-state index contributed by atoms with van der Waals surface area (Å²) in [5.74, 6) is 1.04. The summed E-state index contributed by atoms with van der Waals surface area (Å²) in [5.41, 5.74) is 0. The van der Waals surface area contributed by atoms with Crippen molar-refractivity contribution in [2.75, 3.05) is 26.2 Å². The molecule has 0 aromatic rings. The molecule has 2 aliphatic rings. The van der Waals surface area contributed by atoms with Crippen molar-refractivity contribution in [2.45, 2.75) is 12.8 Å². The van der Waals surface area contributed by atoms with E-state index in [0.717, 1.165) is 12.5 Å². The molecule has 1 saturated heterocycles.